The third-order valence-electron chi connectivity index (χ3n) is 3.20. The molecule has 1 aromatic carbocycles. The highest BCUT2D eigenvalue weighted by Crippen LogP contribution is 2.28. The van der Waals surface area contributed by atoms with Crippen LogP contribution in [0.5, 0.6) is 0 Å². The lowest BCUT2D eigenvalue weighted by molar-refractivity contribution is -0.117. The van der Waals surface area contributed by atoms with Crippen molar-refractivity contribution in [3.63, 3.8) is 0 Å². The minimum absolute atomic E-state index is 0.0329. The molecule has 1 saturated heterocycles. The lowest BCUT2D eigenvalue weighted by atomic mass is 10.2. The third-order valence-corrected chi connectivity index (χ3v) is 3.64. The van der Waals surface area contributed by atoms with E-state index in [0.717, 1.165) is 0 Å². The predicted molar refractivity (Wildman–Crippen MR) is 80.4 cm³/mol. The van der Waals surface area contributed by atoms with Gasteiger partial charge in [-0.15, -0.1) is 0 Å². The van der Waals surface area contributed by atoms with Gasteiger partial charge in [-0.2, -0.15) is 0 Å². The molecule has 6 heteroatoms. The van der Waals surface area contributed by atoms with E-state index in [1.54, 1.807) is 23.1 Å². The smallest absolute Gasteiger partial charge is 0.322 e. The summed E-state index contributed by atoms with van der Waals surface area (Å²) in [4.78, 5) is 27.6. The first-order chi connectivity index (χ1) is 9.40. The van der Waals surface area contributed by atoms with Gasteiger partial charge in [-0.3, -0.25) is 4.79 Å². The minimum Gasteiger partial charge on any atom is -0.322 e. The molecule has 0 bridgehead atoms. The summed E-state index contributed by atoms with van der Waals surface area (Å²) in [7, 11) is 0. The molecule has 20 heavy (non-hydrogen) atoms. The van der Waals surface area contributed by atoms with Gasteiger partial charge in [-0.25, -0.2) is 9.69 Å². The maximum Gasteiger partial charge on any atom is 0.331 e. The molecule has 4 nitrogen and oxygen atoms in total. The average molecular weight is 315 g/mol. The van der Waals surface area contributed by atoms with Crippen LogP contribution in [0.3, 0.4) is 0 Å². The number of anilines is 1. The van der Waals surface area contributed by atoms with Gasteiger partial charge in [0.05, 0.1) is 5.69 Å². The number of urea groups is 1. The molecule has 1 aliphatic rings. The van der Waals surface area contributed by atoms with Crippen molar-refractivity contribution in [2.45, 2.75) is 32.7 Å². The van der Waals surface area contributed by atoms with Crippen molar-refractivity contribution in [3.8, 4) is 0 Å². The Morgan fingerprint density at radius 1 is 1.10 bits per heavy atom. The maximum absolute atomic E-state index is 12.6. The van der Waals surface area contributed by atoms with Gasteiger partial charge >= 0.3 is 6.03 Å². The van der Waals surface area contributed by atoms with Crippen LogP contribution in [-0.2, 0) is 4.79 Å². The van der Waals surface area contributed by atoms with Crippen LogP contribution in [0.15, 0.2) is 18.2 Å². The number of carbonyl (C=O) groups is 2. The number of amides is 3. The molecule has 0 N–H and O–H groups in total. The number of benzene rings is 1. The van der Waals surface area contributed by atoms with Gasteiger partial charge in [0, 0.05) is 29.1 Å². The zero-order chi connectivity index (χ0) is 14.9. The summed E-state index contributed by atoms with van der Waals surface area (Å²) in [5, 5.41) is 0.793. The Kier molecular flexibility index (Phi) is 4.55. The van der Waals surface area contributed by atoms with Crippen LogP contribution in [-0.4, -0.2) is 29.4 Å². The molecule has 2 rings (SSSR count). The van der Waals surface area contributed by atoms with Gasteiger partial charge in [-0.05, 0) is 38.5 Å². The van der Waals surface area contributed by atoms with Crippen LogP contribution < -0.4 is 4.90 Å². The number of imide groups is 1. The molecule has 0 radical (unpaired) electrons. The third kappa shape index (κ3) is 3.07. The number of halogens is 2. The largest absolute Gasteiger partial charge is 0.331 e. The van der Waals surface area contributed by atoms with E-state index in [9.17, 15) is 9.59 Å². The first-order valence-electron chi connectivity index (χ1n) is 6.50. The summed E-state index contributed by atoms with van der Waals surface area (Å²) >= 11 is 11.9. The van der Waals surface area contributed by atoms with E-state index in [-0.39, 0.29) is 18.0 Å². The molecule has 0 unspecified atom stereocenters. The Morgan fingerprint density at radius 3 is 2.25 bits per heavy atom. The normalized spacial score (nSPS) is 16.9. The summed E-state index contributed by atoms with van der Waals surface area (Å²) in [6.45, 7) is 4.43. The van der Waals surface area contributed by atoms with Gasteiger partial charge < -0.3 is 4.90 Å². The highest BCUT2D eigenvalue weighted by molar-refractivity contribution is 6.35. The summed E-state index contributed by atoms with van der Waals surface area (Å²) in [6, 6.07) is 4.44. The second-order valence-corrected chi connectivity index (χ2v) is 5.90. The number of carbonyl (C=O) groups excluding carboxylic acids is 2. The van der Waals surface area contributed by atoms with Gasteiger partial charge in [0.25, 0.3) is 0 Å². The summed E-state index contributed by atoms with van der Waals surface area (Å²) in [5.41, 5.74) is 0.421. The lowest BCUT2D eigenvalue weighted by Crippen LogP contribution is -2.47. The molecule has 0 spiro atoms. The minimum atomic E-state index is -0.319. The number of nitrogens with zero attached hydrogens (tertiary/aromatic N) is 2. The van der Waals surface area contributed by atoms with Crippen molar-refractivity contribution in [3.05, 3.63) is 28.2 Å². The van der Waals surface area contributed by atoms with Gasteiger partial charge in [-0.1, -0.05) is 23.2 Å². The van der Waals surface area contributed by atoms with Crippen molar-refractivity contribution >= 4 is 40.8 Å². The quantitative estimate of drug-likeness (QED) is 0.829. The van der Waals surface area contributed by atoms with Gasteiger partial charge in [0.1, 0.15) is 0 Å². The van der Waals surface area contributed by atoms with Crippen molar-refractivity contribution < 1.29 is 9.59 Å². The molecular formula is C14H16Cl2N2O2. The Morgan fingerprint density at radius 2 is 1.70 bits per heavy atom. The zero-order valence-electron chi connectivity index (χ0n) is 11.4. The Balaban J connectivity index is 2.44. The zero-order valence-corrected chi connectivity index (χ0v) is 12.9. The lowest BCUT2D eigenvalue weighted by Gasteiger charge is -2.29. The topological polar surface area (TPSA) is 40.6 Å². The van der Waals surface area contributed by atoms with Crippen molar-refractivity contribution in [1.29, 1.82) is 0 Å². The molecule has 1 heterocycles. The molecule has 3 amide bonds. The van der Waals surface area contributed by atoms with E-state index in [1.165, 1.54) is 4.90 Å². The molecule has 0 aromatic heterocycles. The summed E-state index contributed by atoms with van der Waals surface area (Å²) in [5.74, 6) is -0.225. The molecule has 108 valence electrons. The monoisotopic (exact) mass is 314 g/mol. The van der Waals surface area contributed by atoms with Crippen molar-refractivity contribution in [2.75, 3.05) is 11.4 Å². The fourth-order valence-electron chi connectivity index (χ4n) is 2.25. The second kappa shape index (κ2) is 6.02. The second-order valence-electron chi connectivity index (χ2n) is 5.03. The van der Waals surface area contributed by atoms with E-state index in [4.69, 9.17) is 23.2 Å². The van der Waals surface area contributed by atoms with Crippen LogP contribution in [0.2, 0.25) is 10.0 Å². The number of hydrogen-bond donors (Lipinski definition) is 0. The highest BCUT2D eigenvalue weighted by Gasteiger charge is 2.32. The molecule has 0 aliphatic carbocycles. The molecule has 0 atom stereocenters. The van der Waals surface area contributed by atoms with E-state index >= 15 is 0 Å². The molecule has 1 fully saturated rings. The van der Waals surface area contributed by atoms with Gasteiger partial charge in [0.2, 0.25) is 5.91 Å². The Bertz CT molecular complexity index is 526. The fraction of sp³-hybridized carbons (Fsp3) is 0.429. The van der Waals surface area contributed by atoms with E-state index in [0.29, 0.717) is 35.1 Å². The van der Waals surface area contributed by atoms with Crippen molar-refractivity contribution in [2.24, 2.45) is 0 Å². The SMILES string of the molecule is CC(C)N1CCCC(=O)N(c2cc(Cl)cc(Cl)c2)C1=O. The van der Waals surface area contributed by atoms with Crippen LogP contribution >= 0.6 is 23.2 Å². The average Bonchev–Trinajstić information content (AvgIpc) is 2.46. The Hall–Kier alpha value is -1.26. The molecule has 1 aromatic rings. The number of hydrogen-bond acceptors (Lipinski definition) is 2. The van der Waals surface area contributed by atoms with Gasteiger partial charge in [0.15, 0.2) is 0 Å². The van der Waals surface area contributed by atoms with Crippen molar-refractivity contribution in [1.82, 2.24) is 4.90 Å². The van der Waals surface area contributed by atoms with E-state index in [1.807, 2.05) is 13.8 Å². The number of rotatable bonds is 2. The molecule has 1 aliphatic heterocycles. The summed E-state index contributed by atoms with van der Waals surface area (Å²) < 4.78 is 0. The molecule has 0 saturated carbocycles. The standard InChI is InChI=1S/C14H16Cl2N2O2/c1-9(2)17-5-3-4-13(19)18(14(17)20)12-7-10(15)6-11(16)8-12/h6-9H,3-5H2,1-2H3. The fourth-order valence-corrected chi connectivity index (χ4v) is 2.76. The highest BCUT2D eigenvalue weighted by atomic mass is 35.5. The first kappa shape index (κ1) is 15.1. The predicted octanol–water partition coefficient (Wildman–Crippen LogP) is 3.95. The maximum atomic E-state index is 12.6. The van der Waals surface area contributed by atoms with Crippen LogP contribution in [0.1, 0.15) is 26.7 Å². The Labute approximate surface area is 128 Å². The van der Waals surface area contributed by atoms with Crippen LogP contribution in [0.25, 0.3) is 0 Å². The van der Waals surface area contributed by atoms with Crippen LogP contribution in [0, 0.1) is 0 Å². The summed E-state index contributed by atoms with van der Waals surface area (Å²) in [6.07, 6.45) is 0.993. The van der Waals surface area contributed by atoms with Crippen LogP contribution in [0.4, 0.5) is 10.5 Å². The van der Waals surface area contributed by atoms with E-state index < -0.39 is 0 Å². The first-order valence-corrected chi connectivity index (χ1v) is 7.25. The molecular weight excluding hydrogens is 299 g/mol. The van der Waals surface area contributed by atoms with E-state index in [2.05, 4.69) is 0 Å².